The van der Waals surface area contributed by atoms with Crippen LogP contribution in [0.1, 0.15) is 13.3 Å². The molecule has 3 fully saturated rings. The Kier molecular flexibility index (Phi) is 3.07. The van der Waals surface area contributed by atoms with Crippen molar-refractivity contribution in [3.8, 4) is 11.8 Å². The molecular weight excluding hydrogens is 174 g/mol. The Balaban J connectivity index is 1.93. The Morgan fingerprint density at radius 3 is 2.57 bits per heavy atom. The topological polar surface area (TPSA) is 32.5 Å². The van der Waals surface area contributed by atoms with Gasteiger partial charge in [0.2, 0.25) is 0 Å². The highest BCUT2D eigenvalue weighted by molar-refractivity contribution is 5.02. The van der Waals surface area contributed by atoms with Gasteiger partial charge in [-0.1, -0.05) is 0 Å². The van der Waals surface area contributed by atoms with Crippen LogP contribution in [0.3, 0.4) is 0 Å². The predicted octanol–water partition coefficient (Wildman–Crippen LogP) is -0.273. The fourth-order valence-corrected chi connectivity index (χ4v) is 2.42. The maximum atomic E-state index is 6.15. The smallest absolute Gasteiger partial charge is 0.0384 e. The van der Waals surface area contributed by atoms with Crippen LogP contribution in [0.5, 0.6) is 0 Å². The number of hydrogen-bond acceptors (Lipinski definition) is 3. The summed E-state index contributed by atoms with van der Waals surface area (Å²) in [5.74, 6) is 6.00. The van der Waals surface area contributed by atoms with E-state index in [1.54, 1.807) is 0 Å². The molecule has 0 aromatic heterocycles. The molecule has 3 rings (SSSR count). The number of nitrogens with zero attached hydrogens (tertiary/aromatic N) is 2. The van der Waals surface area contributed by atoms with Crippen molar-refractivity contribution < 1.29 is 0 Å². The first-order chi connectivity index (χ1) is 6.81. The molecule has 0 radical (unpaired) electrons. The summed E-state index contributed by atoms with van der Waals surface area (Å²) < 4.78 is 0. The van der Waals surface area contributed by atoms with Gasteiger partial charge < -0.3 is 5.73 Å². The molecule has 0 spiro atoms. The number of piperazine rings is 3. The predicted molar refractivity (Wildman–Crippen MR) is 57.8 cm³/mol. The summed E-state index contributed by atoms with van der Waals surface area (Å²) in [5.41, 5.74) is 6.15. The number of fused-ring (bicyclic) bond motifs is 3. The molecule has 3 heterocycles. The van der Waals surface area contributed by atoms with E-state index >= 15 is 0 Å². The lowest BCUT2D eigenvalue weighted by atomic mass is 9.99. The van der Waals surface area contributed by atoms with E-state index in [1.807, 2.05) is 6.92 Å². The van der Waals surface area contributed by atoms with Crippen molar-refractivity contribution in [2.45, 2.75) is 25.4 Å². The van der Waals surface area contributed by atoms with Crippen LogP contribution < -0.4 is 5.73 Å². The molecule has 0 aromatic rings. The fourth-order valence-electron chi connectivity index (χ4n) is 2.42. The van der Waals surface area contributed by atoms with Crippen molar-refractivity contribution in [1.82, 2.24) is 9.80 Å². The maximum Gasteiger partial charge on any atom is 0.0384 e. The van der Waals surface area contributed by atoms with Crippen LogP contribution in [0.15, 0.2) is 0 Å². The van der Waals surface area contributed by atoms with Crippen LogP contribution in [-0.2, 0) is 0 Å². The lowest BCUT2D eigenvalue weighted by Crippen LogP contribution is -2.65. The zero-order chi connectivity index (χ0) is 9.97. The summed E-state index contributed by atoms with van der Waals surface area (Å²) in [4.78, 5) is 5.05. The summed E-state index contributed by atoms with van der Waals surface area (Å²) in [6.45, 7) is 7.86. The van der Waals surface area contributed by atoms with Gasteiger partial charge >= 0.3 is 0 Å². The first-order valence-electron chi connectivity index (χ1n) is 5.43. The summed E-state index contributed by atoms with van der Waals surface area (Å²) in [6.07, 6.45) is 0.839. The van der Waals surface area contributed by atoms with Crippen molar-refractivity contribution in [3.63, 3.8) is 0 Å². The molecule has 3 saturated heterocycles. The second-order valence-corrected chi connectivity index (χ2v) is 4.20. The van der Waals surface area contributed by atoms with Gasteiger partial charge in [0.15, 0.2) is 0 Å². The molecule has 0 saturated carbocycles. The standard InChI is InChI=1S/C11H19N3/c1-2-3-4-10(12)11-9-13-5-7-14(11)8-6-13/h10-11H,4-9,12H2,1H3. The molecule has 3 nitrogen and oxygen atoms in total. The highest BCUT2D eigenvalue weighted by Crippen LogP contribution is 2.18. The average molecular weight is 193 g/mol. The van der Waals surface area contributed by atoms with Gasteiger partial charge in [0, 0.05) is 51.2 Å². The van der Waals surface area contributed by atoms with Crippen molar-refractivity contribution >= 4 is 0 Å². The minimum atomic E-state index is 0.227. The Morgan fingerprint density at radius 2 is 2.07 bits per heavy atom. The summed E-state index contributed by atoms with van der Waals surface area (Å²) in [5, 5.41) is 0. The molecule has 78 valence electrons. The average Bonchev–Trinajstić information content (AvgIpc) is 2.27. The highest BCUT2D eigenvalue weighted by atomic mass is 15.3. The summed E-state index contributed by atoms with van der Waals surface area (Å²) >= 11 is 0. The molecule has 3 aliphatic rings. The lowest BCUT2D eigenvalue weighted by molar-refractivity contribution is 0.00319. The Bertz CT molecular complexity index is 245. The molecule has 2 bridgehead atoms. The monoisotopic (exact) mass is 193 g/mol. The van der Waals surface area contributed by atoms with Gasteiger partial charge in [0.25, 0.3) is 0 Å². The largest absolute Gasteiger partial charge is 0.325 e. The third-order valence-electron chi connectivity index (χ3n) is 3.33. The number of hydrogen-bond donors (Lipinski definition) is 1. The van der Waals surface area contributed by atoms with Crippen LogP contribution in [0.4, 0.5) is 0 Å². The third-order valence-corrected chi connectivity index (χ3v) is 3.33. The molecule has 14 heavy (non-hydrogen) atoms. The van der Waals surface area contributed by atoms with Crippen LogP contribution in [0, 0.1) is 11.8 Å². The lowest BCUT2D eigenvalue weighted by Gasteiger charge is -2.49. The molecule has 0 aromatic carbocycles. The first kappa shape index (κ1) is 9.97. The molecule has 2 unspecified atom stereocenters. The molecular formula is C11H19N3. The molecule has 0 aliphatic carbocycles. The van der Waals surface area contributed by atoms with Gasteiger partial charge in [0.05, 0.1) is 0 Å². The van der Waals surface area contributed by atoms with Crippen LogP contribution in [-0.4, -0.2) is 54.6 Å². The van der Waals surface area contributed by atoms with Gasteiger partial charge in [-0.3, -0.25) is 9.80 Å². The van der Waals surface area contributed by atoms with Gasteiger partial charge in [-0.15, -0.1) is 11.8 Å². The van der Waals surface area contributed by atoms with Gasteiger partial charge in [-0.05, 0) is 6.92 Å². The molecule has 2 N–H and O–H groups in total. The Labute approximate surface area is 86.2 Å². The van der Waals surface area contributed by atoms with Crippen LogP contribution in [0.2, 0.25) is 0 Å². The normalized spacial score (nSPS) is 37.4. The van der Waals surface area contributed by atoms with Crippen molar-refractivity contribution in [1.29, 1.82) is 0 Å². The number of rotatable bonds is 2. The maximum absolute atomic E-state index is 6.15. The second-order valence-electron chi connectivity index (χ2n) is 4.20. The SMILES string of the molecule is CC#CCC(N)C1CN2CCN1CC2. The molecule has 2 atom stereocenters. The quantitative estimate of drug-likeness (QED) is 0.613. The minimum Gasteiger partial charge on any atom is -0.325 e. The highest BCUT2D eigenvalue weighted by Gasteiger charge is 2.34. The Morgan fingerprint density at radius 1 is 1.36 bits per heavy atom. The van der Waals surface area contributed by atoms with E-state index in [0.717, 1.165) is 13.0 Å². The minimum absolute atomic E-state index is 0.227. The van der Waals surface area contributed by atoms with E-state index in [4.69, 9.17) is 5.73 Å². The second kappa shape index (κ2) is 4.31. The third kappa shape index (κ3) is 1.93. The summed E-state index contributed by atoms with van der Waals surface area (Å²) in [6, 6.07) is 0.767. The van der Waals surface area contributed by atoms with Crippen LogP contribution in [0.25, 0.3) is 0 Å². The van der Waals surface area contributed by atoms with Crippen molar-refractivity contribution in [2.75, 3.05) is 32.7 Å². The fraction of sp³-hybridized carbons (Fsp3) is 0.818. The van der Waals surface area contributed by atoms with Gasteiger partial charge in [-0.25, -0.2) is 0 Å². The zero-order valence-electron chi connectivity index (χ0n) is 8.87. The van der Waals surface area contributed by atoms with Crippen molar-refractivity contribution in [3.05, 3.63) is 0 Å². The van der Waals surface area contributed by atoms with Crippen LogP contribution >= 0.6 is 0 Å². The van der Waals surface area contributed by atoms with E-state index in [9.17, 15) is 0 Å². The number of nitrogens with two attached hydrogens (primary N) is 1. The summed E-state index contributed by atoms with van der Waals surface area (Å²) in [7, 11) is 0. The van der Waals surface area contributed by atoms with E-state index in [-0.39, 0.29) is 6.04 Å². The Hall–Kier alpha value is -0.560. The van der Waals surface area contributed by atoms with Gasteiger partial charge in [0.1, 0.15) is 0 Å². The molecule has 3 heteroatoms. The van der Waals surface area contributed by atoms with E-state index in [0.29, 0.717) is 6.04 Å². The van der Waals surface area contributed by atoms with E-state index in [1.165, 1.54) is 26.2 Å². The van der Waals surface area contributed by atoms with E-state index in [2.05, 4.69) is 21.6 Å². The molecule has 0 amide bonds. The first-order valence-corrected chi connectivity index (χ1v) is 5.43. The van der Waals surface area contributed by atoms with Crippen molar-refractivity contribution in [2.24, 2.45) is 5.73 Å². The van der Waals surface area contributed by atoms with Gasteiger partial charge in [-0.2, -0.15) is 0 Å². The van der Waals surface area contributed by atoms with E-state index < -0.39 is 0 Å². The molecule has 3 aliphatic heterocycles. The zero-order valence-corrected chi connectivity index (χ0v) is 8.87.